The third-order valence-corrected chi connectivity index (χ3v) is 4.17. The van der Waals surface area contributed by atoms with Gasteiger partial charge in [0.15, 0.2) is 0 Å². The molecule has 2 aromatic rings. The molecule has 19 heavy (non-hydrogen) atoms. The highest BCUT2D eigenvalue weighted by molar-refractivity contribution is 9.10. The fraction of sp³-hybridized carbons (Fsp3) is 0.200. The fourth-order valence-electron chi connectivity index (χ4n) is 1.80. The van der Waals surface area contributed by atoms with Gasteiger partial charge < -0.3 is 4.74 Å². The molecule has 0 bridgehead atoms. The minimum Gasteiger partial charge on any atom is -0.457 e. The van der Waals surface area contributed by atoms with Crippen LogP contribution in [-0.4, -0.2) is 0 Å². The summed E-state index contributed by atoms with van der Waals surface area (Å²) in [6, 6.07) is 10.6. The predicted molar refractivity (Wildman–Crippen MR) is 79.6 cm³/mol. The Balaban J connectivity index is 2.44. The molecule has 0 atom stereocenters. The van der Waals surface area contributed by atoms with Crippen molar-refractivity contribution in [3.8, 4) is 11.5 Å². The van der Waals surface area contributed by atoms with E-state index in [9.17, 15) is 4.39 Å². The van der Waals surface area contributed by atoms with E-state index >= 15 is 0 Å². The first kappa shape index (κ1) is 14.4. The minimum atomic E-state index is -0.487. The van der Waals surface area contributed by atoms with E-state index in [0.29, 0.717) is 16.0 Å². The SMILES string of the molecule is CCCc1c(Oc2ccccc2)cc(F)c(Cl)c1Br. The number of rotatable bonds is 4. The fourth-order valence-corrected chi connectivity index (χ4v) is 2.55. The zero-order chi connectivity index (χ0) is 13.8. The van der Waals surface area contributed by atoms with Crippen molar-refractivity contribution in [3.63, 3.8) is 0 Å². The van der Waals surface area contributed by atoms with Crippen LogP contribution >= 0.6 is 27.5 Å². The van der Waals surface area contributed by atoms with Crippen molar-refractivity contribution in [1.82, 2.24) is 0 Å². The summed E-state index contributed by atoms with van der Waals surface area (Å²) in [4.78, 5) is 0. The van der Waals surface area contributed by atoms with Crippen LogP contribution in [0.4, 0.5) is 4.39 Å². The van der Waals surface area contributed by atoms with E-state index in [4.69, 9.17) is 16.3 Å². The van der Waals surface area contributed by atoms with Crippen LogP contribution in [-0.2, 0) is 6.42 Å². The Labute approximate surface area is 125 Å². The third-order valence-electron chi connectivity index (χ3n) is 2.69. The molecule has 2 aromatic carbocycles. The molecule has 0 aliphatic heterocycles. The van der Waals surface area contributed by atoms with Gasteiger partial charge in [-0.3, -0.25) is 0 Å². The van der Waals surface area contributed by atoms with Gasteiger partial charge in [-0.25, -0.2) is 4.39 Å². The molecule has 0 N–H and O–H groups in total. The first-order valence-electron chi connectivity index (χ1n) is 6.02. The van der Waals surface area contributed by atoms with Crippen LogP contribution in [0.2, 0.25) is 5.02 Å². The highest BCUT2D eigenvalue weighted by Gasteiger charge is 2.16. The van der Waals surface area contributed by atoms with Crippen molar-refractivity contribution in [1.29, 1.82) is 0 Å². The molecule has 0 amide bonds. The van der Waals surface area contributed by atoms with Gasteiger partial charge in [0.05, 0.1) is 5.02 Å². The summed E-state index contributed by atoms with van der Waals surface area (Å²) in [5, 5.41) is 0.101. The maximum absolute atomic E-state index is 13.7. The molecule has 0 radical (unpaired) electrons. The molecule has 0 fully saturated rings. The number of hydrogen-bond donors (Lipinski definition) is 0. The van der Waals surface area contributed by atoms with Gasteiger partial charge >= 0.3 is 0 Å². The summed E-state index contributed by atoms with van der Waals surface area (Å²) in [7, 11) is 0. The topological polar surface area (TPSA) is 9.23 Å². The molecule has 0 saturated carbocycles. The van der Waals surface area contributed by atoms with Crippen molar-refractivity contribution in [2.24, 2.45) is 0 Å². The van der Waals surface area contributed by atoms with Crippen LogP contribution < -0.4 is 4.74 Å². The Morgan fingerprint density at radius 3 is 2.58 bits per heavy atom. The zero-order valence-corrected chi connectivity index (χ0v) is 12.8. The van der Waals surface area contributed by atoms with Gasteiger partial charge in [0.1, 0.15) is 17.3 Å². The quantitative estimate of drug-likeness (QED) is 0.620. The molecule has 0 heterocycles. The van der Waals surface area contributed by atoms with E-state index in [1.807, 2.05) is 30.3 Å². The smallest absolute Gasteiger partial charge is 0.146 e. The Hall–Kier alpha value is -1.06. The van der Waals surface area contributed by atoms with Gasteiger partial charge in [0.25, 0.3) is 0 Å². The van der Waals surface area contributed by atoms with E-state index in [1.54, 1.807) is 0 Å². The van der Waals surface area contributed by atoms with Crippen molar-refractivity contribution in [2.75, 3.05) is 0 Å². The molecule has 2 rings (SSSR count). The van der Waals surface area contributed by atoms with E-state index in [-0.39, 0.29) is 5.02 Å². The summed E-state index contributed by atoms with van der Waals surface area (Å²) in [5.74, 6) is 0.689. The van der Waals surface area contributed by atoms with Crippen LogP contribution in [0.5, 0.6) is 11.5 Å². The van der Waals surface area contributed by atoms with Crippen molar-refractivity contribution in [2.45, 2.75) is 19.8 Å². The first-order chi connectivity index (χ1) is 9.13. The van der Waals surface area contributed by atoms with E-state index in [2.05, 4.69) is 22.9 Å². The first-order valence-corrected chi connectivity index (χ1v) is 7.19. The molecule has 0 saturated heterocycles. The highest BCUT2D eigenvalue weighted by Crippen LogP contribution is 2.38. The Bertz CT molecular complexity index is 572. The molecule has 0 aliphatic rings. The largest absolute Gasteiger partial charge is 0.457 e. The zero-order valence-electron chi connectivity index (χ0n) is 10.4. The normalized spacial score (nSPS) is 10.5. The lowest BCUT2D eigenvalue weighted by atomic mass is 10.1. The monoisotopic (exact) mass is 342 g/mol. The van der Waals surface area contributed by atoms with Crippen LogP contribution in [0, 0.1) is 5.82 Å². The van der Waals surface area contributed by atoms with E-state index < -0.39 is 5.82 Å². The lowest BCUT2D eigenvalue weighted by Crippen LogP contribution is -1.96. The average molecular weight is 344 g/mol. The standard InChI is InChI=1S/C15H13BrClFO/c1-2-6-11-13(9-12(18)15(17)14(11)16)19-10-7-4-3-5-8-10/h3-5,7-9H,2,6H2,1H3. The van der Waals surface area contributed by atoms with Gasteiger partial charge in [-0.15, -0.1) is 0 Å². The molecular weight excluding hydrogens is 331 g/mol. The maximum atomic E-state index is 13.7. The van der Waals surface area contributed by atoms with Gasteiger partial charge in [0, 0.05) is 16.1 Å². The number of hydrogen-bond acceptors (Lipinski definition) is 1. The van der Waals surface area contributed by atoms with E-state index in [0.717, 1.165) is 18.4 Å². The second-order valence-corrected chi connectivity index (χ2v) is 5.30. The van der Waals surface area contributed by atoms with Crippen molar-refractivity contribution < 1.29 is 9.13 Å². The Morgan fingerprint density at radius 2 is 1.95 bits per heavy atom. The van der Waals surface area contributed by atoms with Crippen molar-refractivity contribution in [3.05, 3.63) is 57.3 Å². The number of ether oxygens (including phenoxy) is 1. The summed E-state index contributed by atoms with van der Waals surface area (Å²) in [6.07, 6.45) is 1.69. The second kappa shape index (κ2) is 6.40. The number of benzene rings is 2. The van der Waals surface area contributed by atoms with Gasteiger partial charge in [-0.1, -0.05) is 43.1 Å². The highest BCUT2D eigenvalue weighted by atomic mass is 79.9. The number of halogens is 3. The lowest BCUT2D eigenvalue weighted by Gasteiger charge is -2.14. The summed E-state index contributed by atoms with van der Waals surface area (Å²) < 4.78 is 20.0. The summed E-state index contributed by atoms with van der Waals surface area (Å²) >= 11 is 9.26. The summed E-state index contributed by atoms with van der Waals surface area (Å²) in [5.41, 5.74) is 0.887. The molecule has 0 aliphatic carbocycles. The third kappa shape index (κ3) is 3.28. The van der Waals surface area contributed by atoms with E-state index in [1.165, 1.54) is 6.07 Å². The van der Waals surface area contributed by atoms with Crippen LogP contribution in [0.25, 0.3) is 0 Å². The van der Waals surface area contributed by atoms with Gasteiger partial charge in [0.2, 0.25) is 0 Å². The second-order valence-electron chi connectivity index (χ2n) is 4.13. The number of para-hydroxylation sites is 1. The summed E-state index contributed by atoms with van der Waals surface area (Å²) in [6.45, 7) is 2.05. The molecule has 1 nitrogen and oxygen atoms in total. The van der Waals surface area contributed by atoms with Crippen LogP contribution in [0.3, 0.4) is 0 Å². The van der Waals surface area contributed by atoms with Crippen LogP contribution in [0.15, 0.2) is 40.9 Å². The Kier molecular flexibility index (Phi) is 4.83. The van der Waals surface area contributed by atoms with Crippen LogP contribution in [0.1, 0.15) is 18.9 Å². The molecule has 0 aromatic heterocycles. The molecule has 0 unspecified atom stereocenters. The lowest BCUT2D eigenvalue weighted by molar-refractivity contribution is 0.469. The predicted octanol–water partition coefficient (Wildman–Crippen LogP) is 5.99. The molecule has 4 heteroatoms. The molecule has 0 spiro atoms. The maximum Gasteiger partial charge on any atom is 0.146 e. The average Bonchev–Trinajstić information content (AvgIpc) is 2.42. The molecular formula is C15H13BrClFO. The van der Waals surface area contributed by atoms with Gasteiger partial charge in [-0.05, 0) is 34.5 Å². The molecule has 100 valence electrons. The minimum absolute atomic E-state index is 0.101. The Morgan fingerprint density at radius 1 is 1.26 bits per heavy atom. The van der Waals surface area contributed by atoms with Gasteiger partial charge in [-0.2, -0.15) is 0 Å². The van der Waals surface area contributed by atoms with Crippen molar-refractivity contribution >= 4 is 27.5 Å².